The summed E-state index contributed by atoms with van der Waals surface area (Å²) in [6.07, 6.45) is 7.32. The lowest BCUT2D eigenvalue weighted by atomic mass is 9.49. The quantitative estimate of drug-likeness (QED) is 0.721. The van der Waals surface area contributed by atoms with Crippen molar-refractivity contribution in [3.63, 3.8) is 0 Å². The van der Waals surface area contributed by atoms with Gasteiger partial charge in [-0.05, 0) is 75.7 Å². The minimum Gasteiger partial charge on any atom is -0.319 e. The Balaban J connectivity index is 1.52. The van der Waals surface area contributed by atoms with Crippen molar-refractivity contribution in [3.8, 4) is 11.3 Å². The van der Waals surface area contributed by atoms with E-state index in [-0.39, 0.29) is 11.3 Å². The van der Waals surface area contributed by atoms with E-state index in [1.54, 1.807) is 11.3 Å². The largest absolute Gasteiger partial charge is 0.319 e. The topological polar surface area (TPSA) is 34.4 Å². The number of benzene rings is 1. The summed E-state index contributed by atoms with van der Waals surface area (Å²) < 4.78 is 2.11. The van der Waals surface area contributed by atoms with Crippen molar-refractivity contribution in [1.29, 1.82) is 0 Å². The molecule has 2 aromatic rings. The third-order valence-corrected chi connectivity index (χ3v) is 8.26. The van der Waals surface area contributed by atoms with E-state index in [1.807, 2.05) is 7.05 Å². The van der Waals surface area contributed by atoms with Crippen LogP contribution >= 0.6 is 11.3 Å². The molecule has 4 aliphatic rings. The van der Waals surface area contributed by atoms with Gasteiger partial charge in [-0.2, -0.15) is 4.99 Å². The summed E-state index contributed by atoms with van der Waals surface area (Å²) in [5.74, 6) is 2.49. The Bertz CT molecular complexity index is 928. The Kier molecular flexibility index (Phi) is 3.98. The van der Waals surface area contributed by atoms with Crippen molar-refractivity contribution in [2.75, 3.05) is 0 Å². The van der Waals surface area contributed by atoms with Crippen LogP contribution in [0.2, 0.25) is 0 Å². The summed E-state index contributed by atoms with van der Waals surface area (Å²) in [4.78, 5) is 20.1. The highest BCUT2D eigenvalue weighted by molar-refractivity contribution is 7.09. The summed E-state index contributed by atoms with van der Waals surface area (Å²) in [7, 11) is 2.05. The predicted molar refractivity (Wildman–Crippen MR) is 109 cm³/mol. The molecule has 4 saturated carbocycles. The van der Waals surface area contributed by atoms with E-state index in [0.29, 0.717) is 0 Å². The van der Waals surface area contributed by atoms with Crippen LogP contribution in [0.5, 0.6) is 0 Å². The molecule has 6 rings (SSSR count). The number of amides is 1. The van der Waals surface area contributed by atoms with Crippen LogP contribution in [0, 0.1) is 37.0 Å². The first-order valence-electron chi connectivity index (χ1n) is 10.3. The van der Waals surface area contributed by atoms with Crippen LogP contribution in [0.25, 0.3) is 11.3 Å². The average Bonchev–Trinajstić information content (AvgIpc) is 2.88. The van der Waals surface area contributed by atoms with E-state index < -0.39 is 0 Å². The minimum atomic E-state index is -0.149. The maximum atomic E-state index is 13.3. The number of hydrogen-bond acceptors (Lipinski definition) is 2. The molecule has 0 spiro atoms. The van der Waals surface area contributed by atoms with E-state index in [1.165, 1.54) is 41.0 Å². The fraction of sp³-hybridized carbons (Fsp3) is 0.565. The summed E-state index contributed by atoms with van der Waals surface area (Å²) in [6, 6.07) is 8.61. The fourth-order valence-corrected chi connectivity index (χ4v) is 7.35. The van der Waals surface area contributed by atoms with Gasteiger partial charge in [0.25, 0.3) is 5.91 Å². The van der Waals surface area contributed by atoms with Crippen molar-refractivity contribution < 1.29 is 4.79 Å². The number of rotatable bonds is 2. The van der Waals surface area contributed by atoms with Crippen LogP contribution in [0.1, 0.15) is 49.0 Å². The molecule has 27 heavy (non-hydrogen) atoms. The van der Waals surface area contributed by atoms with Gasteiger partial charge in [0.2, 0.25) is 0 Å². The second-order valence-corrected chi connectivity index (χ2v) is 10.5. The molecular weight excluding hydrogens is 352 g/mol. The molecule has 0 aliphatic heterocycles. The van der Waals surface area contributed by atoms with Gasteiger partial charge in [-0.25, -0.2) is 0 Å². The Morgan fingerprint density at radius 3 is 2.15 bits per heavy atom. The number of thiazole rings is 1. The van der Waals surface area contributed by atoms with E-state index in [0.717, 1.165) is 41.8 Å². The third kappa shape index (κ3) is 2.84. The summed E-state index contributed by atoms with van der Waals surface area (Å²) in [5.41, 5.74) is 3.48. The van der Waals surface area contributed by atoms with Crippen molar-refractivity contribution in [1.82, 2.24) is 4.57 Å². The average molecular weight is 381 g/mol. The van der Waals surface area contributed by atoms with Gasteiger partial charge in [-0.15, -0.1) is 11.3 Å². The number of nitrogens with zero attached hydrogens (tertiary/aromatic N) is 2. The first kappa shape index (κ1) is 17.4. The summed E-state index contributed by atoms with van der Waals surface area (Å²) in [5, 5.41) is 0. The van der Waals surface area contributed by atoms with Gasteiger partial charge in [0.15, 0.2) is 4.80 Å². The highest BCUT2D eigenvalue weighted by Crippen LogP contribution is 2.60. The number of hydrogen-bond donors (Lipinski definition) is 0. The van der Waals surface area contributed by atoms with E-state index in [4.69, 9.17) is 4.99 Å². The monoisotopic (exact) mass is 380 g/mol. The van der Waals surface area contributed by atoms with Gasteiger partial charge in [0.1, 0.15) is 0 Å². The second kappa shape index (κ2) is 6.16. The maximum absolute atomic E-state index is 13.3. The highest BCUT2D eigenvalue weighted by Gasteiger charge is 2.54. The lowest BCUT2D eigenvalue weighted by molar-refractivity contribution is -0.142. The van der Waals surface area contributed by atoms with E-state index in [2.05, 4.69) is 42.7 Å². The van der Waals surface area contributed by atoms with E-state index in [9.17, 15) is 4.79 Å². The summed E-state index contributed by atoms with van der Waals surface area (Å²) in [6.45, 7) is 4.24. The number of aromatic nitrogens is 1. The third-order valence-electron chi connectivity index (χ3n) is 7.21. The molecule has 1 heterocycles. The molecule has 0 unspecified atom stereocenters. The zero-order valence-corrected chi connectivity index (χ0v) is 17.3. The number of aryl methyl sites for hydroxylation is 2. The van der Waals surface area contributed by atoms with Crippen molar-refractivity contribution in [2.45, 2.75) is 52.4 Å². The Hall–Kier alpha value is -1.68. The van der Waals surface area contributed by atoms with Crippen LogP contribution in [0.4, 0.5) is 0 Å². The maximum Gasteiger partial charge on any atom is 0.254 e. The predicted octanol–water partition coefficient (Wildman–Crippen LogP) is 5.01. The molecule has 0 saturated heterocycles. The zero-order chi connectivity index (χ0) is 18.8. The number of carbonyl (C=O) groups is 1. The molecule has 4 heteroatoms. The number of carbonyl (C=O) groups excluding carboxylic acids is 1. The van der Waals surface area contributed by atoms with Gasteiger partial charge in [-0.3, -0.25) is 4.79 Å². The van der Waals surface area contributed by atoms with Gasteiger partial charge in [0, 0.05) is 11.9 Å². The fourth-order valence-electron chi connectivity index (χ4n) is 6.37. The minimum absolute atomic E-state index is 0.149. The first-order valence-corrected chi connectivity index (χ1v) is 11.1. The standard InChI is InChI=1S/C23H28N2OS/c1-14-4-6-19(7-5-14)20-15(2)27-22(25(20)3)24-21(26)23-11-16-8-17(12-23)10-18(9-16)13-23/h4-7,16-18H,8-13H2,1-3H3. The Labute approximate surface area is 165 Å². The molecule has 4 aliphatic carbocycles. The van der Waals surface area contributed by atoms with Gasteiger partial charge < -0.3 is 4.57 Å². The summed E-state index contributed by atoms with van der Waals surface area (Å²) >= 11 is 1.65. The molecule has 0 N–H and O–H groups in total. The normalized spacial score (nSPS) is 32.3. The molecule has 0 radical (unpaired) electrons. The Morgan fingerprint density at radius 1 is 1.04 bits per heavy atom. The van der Waals surface area contributed by atoms with Crippen LogP contribution in [-0.4, -0.2) is 10.5 Å². The van der Waals surface area contributed by atoms with Gasteiger partial charge in [0.05, 0.1) is 11.1 Å². The van der Waals surface area contributed by atoms with Crippen LogP contribution in [0.3, 0.4) is 0 Å². The van der Waals surface area contributed by atoms with Gasteiger partial charge in [-0.1, -0.05) is 29.8 Å². The molecule has 142 valence electrons. The molecule has 1 amide bonds. The lowest BCUT2D eigenvalue weighted by Crippen LogP contribution is -2.49. The van der Waals surface area contributed by atoms with Crippen LogP contribution in [-0.2, 0) is 11.8 Å². The van der Waals surface area contributed by atoms with Gasteiger partial charge >= 0.3 is 0 Å². The van der Waals surface area contributed by atoms with Crippen LogP contribution in [0.15, 0.2) is 29.3 Å². The molecule has 4 bridgehead atoms. The van der Waals surface area contributed by atoms with Crippen LogP contribution < -0.4 is 4.80 Å². The SMILES string of the molecule is Cc1ccc(-c2c(C)sc(=NC(=O)C34CC5CC(CC(C5)C3)C4)n2C)cc1. The Morgan fingerprint density at radius 2 is 1.59 bits per heavy atom. The molecule has 1 aromatic carbocycles. The molecule has 0 atom stereocenters. The zero-order valence-electron chi connectivity index (χ0n) is 16.5. The second-order valence-electron chi connectivity index (χ2n) is 9.33. The smallest absolute Gasteiger partial charge is 0.254 e. The lowest BCUT2D eigenvalue weighted by Gasteiger charge is -2.55. The first-order chi connectivity index (χ1) is 12.9. The van der Waals surface area contributed by atoms with Crippen molar-refractivity contribution >= 4 is 17.2 Å². The van der Waals surface area contributed by atoms with Crippen molar-refractivity contribution in [2.24, 2.45) is 35.2 Å². The highest BCUT2D eigenvalue weighted by atomic mass is 32.1. The molecule has 4 fully saturated rings. The molecular formula is C23H28N2OS. The molecule has 1 aromatic heterocycles. The van der Waals surface area contributed by atoms with Crippen molar-refractivity contribution in [3.05, 3.63) is 39.5 Å². The van der Waals surface area contributed by atoms with E-state index >= 15 is 0 Å². The molecule has 3 nitrogen and oxygen atoms in total.